The Bertz CT molecular complexity index is 297. The summed E-state index contributed by atoms with van der Waals surface area (Å²) in [5.74, 6) is -0.0610. The number of rotatable bonds is 3. The van der Waals surface area contributed by atoms with Crippen molar-refractivity contribution in [2.45, 2.75) is 6.92 Å². The standard InChI is InChI=1S/C10H14N2O/c1-8-3-2-4-9(7-8)10(13)12-6-5-11/h2-4,7H,5-6,11H2,1H3,(H,12,13). The van der Waals surface area contributed by atoms with Gasteiger partial charge in [0.25, 0.3) is 5.91 Å². The van der Waals surface area contributed by atoms with Gasteiger partial charge in [-0.05, 0) is 19.1 Å². The van der Waals surface area contributed by atoms with Gasteiger partial charge >= 0.3 is 0 Å². The fourth-order valence-corrected chi connectivity index (χ4v) is 1.07. The number of hydrogen-bond donors (Lipinski definition) is 2. The van der Waals surface area contributed by atoms with Gasteiger partial charge in [-0.1, -0.05) is 17.7 Å². The number of nitrogens with one attached hydrogen (secondary N) is 1. The van der Waals surface area contributed by atoms with E-state index in [1.165, 1.54) is 0 Å². The first-order valence-electron chi connectivity index (χ1n) is 4.29. The van der Waals surface area contributed by atoms with E-state index in [1.807, 2.05) is 25.1 Å². The number of nitrogens with two attached hydrogens (primary N) is 1. The number of carbonyl (C=O) groups excluding carboxylic acids is 1. The number of benzene rings is 1. The Kier molecular flexibility index (Phi) is 3.46. The van der Waals surface area contributed by atoms with E-state index in [0.717, 1.165) is 5.56 Å². The molecule has 1 aromatic carbocycles. The zero-order valence-electron chi connectivity index (χ0n) is 7.71. The number of carbonyl (C=O) groups is 1. The molecule has 0 atom stereocenters. The highest BCUT2D eigenvalue weighted by molar-refractivity contribution is 5.94. The number of hydrogen-bond acceptors (Lipinski definition) is 2. The Morgan fingerprint density at radius 1 is 1.54 bits per heavy atom. The highest BCUT2D eigenvalue weighted by Gasteiger charge is 2.02. The molecule has 3 N–H and O–H groups in total. The molecule has 1 amide bonds. The van der Waals surface area contributed by atoms with E-state index in [9.17, 15) is 4.79 Å². The summed E-state index contributed by atoms with van der Waals surface area (Å²) in [7, 11) is 0. The molecule has 1 aromatic rings. The molecule has 3 nitrogen and oxygen atoms in total. The number of amides is 1. The van der Waals surface area contributed by atoms with Gasteiger partial charge in [0.15, 0.2) is 0 Å². The average molecular weight is 178 g/mol. The van der Waals surface area contributed by atoms with Crippen LogP contribution in [0.1, 0.15) is 15.9 Å². The van der Waals surface area contributed by atoms with Crippen molar-refractivity contribution in [2.24, 2.45) is 5.73 Å². The lowest BCUT2D eigenvalue weighted by Gasteiger charge is -2.03. The second-order valence-corrected chi connectivity index (χ2v) is 2.91. The van der Waals surface area contributed by atoms with Crippen LogP contribution in [0.5, 0.6) is 0 Å². The summed E-state index contributed by atoms with van der Waals surface area (Å²) in [6, 6.07) is 7.47. The van der Waals surface area contributed by atoms with Gasteiger partial charge < -0.3 is 11.1 Å². The normalized spacial score (nSPS) is 9.69. The van der Waals surface area contributed by atoms with E-state index < -0.39 is 0 Å². The van der Waals surface area contributed by atoms with Crippen molar-refractivity contribution in [3.8, 4) is 0 Å². The van der Waals surface area contributed by atoms with Crippen LogP contribution in [0.25, 0.3) is 0 Å². The fourth-order valence-electron chi connectivity index (χ4n) is 1.07. The molecule has 0 aliphatic heterocycles. The minimum atomic E-state index is -0.0610. The predicted molar refractivity (Wildman–Crippen MR) is 52.6 cm³/mol. The number of aryl methyl sites for hydroxylation is 1. The first-order chi connectivity index (χ1) is 6.24. The summed E-state index contributed by atoms with van der Waals surface area (Å²) in [5, 5.41) is 2.71. The van der Waals surface area contributed by atoms with E-state index in [1.54, 1.807) is 6.07 Å². The molecule has 0 aliphatic rings. The van der Waals surface area contributed by atoms with Gasteiger partial charge in [0, 0.05) is 18.7 Å². The topological polar surface area (TPSA) is 55.1 Å². The summed E-state index contributed by atoms with van der Waals surface area (Å²) in [6.45, 7) is 2.95. The van der Waals surface area contributed by atoms with Crippen molar-refractivity contribution < 1.29 is 4.79 Å². The van der Waals surface area contributed by atoms with Gasteiger partial charge in [-0.15, -0.1) is 0 Å². The molecule has 0 aliphatic carbocycles. The molecule has 0 saturated heterocycles. The van der Waals surface area contributed by atoms with E-state index in [4.69, 9.17) is 5.73 Å². The Hall–Kier alpha value is -1.35. The van der Waals surface area contributed by atoms with Crippen LogP contribution in [0.3, 0.4) is 0 Å². The van der Waals surface area contributed by atoms with Crippen LogP contribution in [0.2, 0.25) is 0 Å². The van der Waals surface area contributed by atoms with E-state index in [0.29, 0.717) is 18.7 Å². The van der Waals surface area contributed by atoms with Crippen LogP contribution in [0.15, 0.2) is 24.3 Å². The van der Waals surface area contributed by atoms with Gasteiger partial charge in [0.2, 0.25) is 0 Å². The Morgan fingerprint density at radius 2 is 2.31 bits per heavy atom. The van der Waals surface area contributed by atoms with Crippen molar-refractivity contribution in [1.82, 2.24) is 5.32 Å². The van der Waals surface area contributed by atoms with E-state index in [2.05, 4.69) is 5.32 Å². The molecule has 0 bridgehead atoms. The minimum Gasteiger partial charge on any atom is -0.351 e. The summed E-state index contributed by atoms with van der Waals surface area (Å²) in [6.07, 6.45) is 0. The van der Waals surface area contributed by atoms with Crippen molar-refractivity contribution in [3.05, 3.63) is 35.4 Å². The van der Waals surface area contributed by atoms with Gasteiger partial charge in [-0.25, -0.2) is 0 Å². The van der Waals surface area contributed by atoms with E-state index >= 15 is 0 Å². The molecule has 1 rings (SSSR count). The monoisotopic (exact) mass is 178 g/mol. The van der Waals surface area contributed by atoms with E-state index in [-0.39, 0.29) is 5.91 Å². The van der Waals surface area contributed by atoms with Crippen molar-refractivity contribution in [1.29, 1.82) is 0 Å². The summed E-state index contributed by atoms with van der Waals surface area (Å²) in [4.78, 5) is 11.4. The molecule has 13 heavy (non-hydrogen) atoms. The van der Waals surface area contributed by atoms with Gasteiger partial charge in [0.05, 0.1) is 0 Å². The molecular weight excluding hydrogens is 164 g/mol. The van der Waals surface area contributed by atoms with Crippen LogP contribution in [-0.2, 0) is 0 Å². The van der Waals surface area contributed by atoms with Crippen LogP contribution < -0.4 is 11.1 Å². The molecular formula is C10H14N2O. The second-order valence-electron chi connectivity index (χ2n) is 2.91. The third kappa shape index (κ3) is 2.87. The smallest absolute Gasteiger partial charge is 0.251 e. The van der Waals surface area contributed by atoms with Crippen molar-refractivity contribution in [2.75, 3.05) is 13.1 Å². The lowest BCUT2D eigenvalue weighted by atomic mass is 10.1. The lowest BCUT2D eigenvalue weighted by Crippen LogP contribution is -2.28. The van der Waals surface area contributed by atoms with Gasteiger partial charge in [-0.3, -0.25) is 4.79 Å². The average Bonchev–Trinajstić information content (AvgIpc) is 2.14. The molecule has 0 heterocycles. The molecule has 3 heteroatoms. The second kappa shape index (κ2) is 4.62. The third-order valence-corrected chi connectivity index (χ3v) is 1.71. The lowest BCUT2D eigenvalue weighted by molar-refractivity contribution is 0.0954. The molecule has 0 radical (unpaired) electrons. The first kappa shape index (κ1) is 9.74. The Morgan fingerprint density at radius 3 is 2.92 bits per heavy atom. The quantitative estimate of drug-likeness (QED) is 0.715. The highest BCUT2D eigenvalue weighted by Crippen LogP contribution is 2.02. The highest BCUT2D eigenvalue weighted by atomic mass is 16.1. The van der Waals surface area contributed by atoms with Gasteiger partial charge in [-0.2, -0.15) is 0 Å². The Labute approximate surface area is 77.9 Å². The fraction of sp³-hybridized carbons (Fsp3) is 0.300. The predicted octanol–water partition coefficient (Wildman–Crippen LogP) is 0.684. The molecule has 0 fully saturated rings. The summed E-state index contributed by atoms with van der Waals surface area (Å²) >= 11 is 0. The summed E-state index contributed by atoms with van der Waals surface area (Å²) < 4.78 is 0. The first-order valence-corrected chi connectivity index (χ1v) is 4.29. The van der Waals surface area contributed by atoms with Crippen LogP contribution in [0, 0.1) is 6.92 Å². The minimum absolute atomic E-state index is 0.0610. The van der Waals surface area contributed by atoms with Crippen molar-refractivity contribution >= 4 is 5.91 Å². The maximum atomic E-state index is 11.4. The van der Waals surface area contributed by atoms with Crippen LogP contribution >= 0.6 is 0 Å². The molecule has 0 unspecified atom stereocenters. The largest absolute Gasteiger partial charge is 0.351 e. The molecule has 0 saturated carbocycles. The maximum absolute atomic E-state index is 11.4. The van der Waals surface area contributed by atoms with Gasteiger partial charge in [0.1, 0.15) is 0 Å². The molecule has 0 aromatic heterocycles. The zero-order chi connectivity index (χ0) is 9.68. The van der Waals surface area contributed by atoms with Crippen LogP contribution in [0.4, 0.5) is 0 Å². The SMILES string of the molecule is Cc1cccc(C(=O)NCCN)c1. The molecule has 0 spiro atoms. The molecule has 70 valence electrons. The van der Waals surface area contributed by atoms with Crippen molar-refractivity contribution in [3.63, 3.8) is 0 Å². The summed E-state index contributed by atoms with van der Waals surface area (Å²) in [5.41, 5.74) is 7.04. The third-order valence-electron chi connectivity index (χ3n) is 1.71. The Balaban J connectivity index is 2.66. The van der Waals surface area contributed by atoms with Crippen LogP contribution in [-0.4, -0.2) is 19.0 Å². The maximum Gasteiger partial charge on any atom is 0.251 e. The zero-order valence-corrected chi connectivity index (χ0v) is 7.71.